The van der Waals surface area contributed by atoms with E-state index in [1.807, 2.05) is 48.5 Å². The van der Waals surface area contributed by atoms with E-state index in [0.29, 0.717) is 29.7 Å². The molecule has 0 N–H and O–H groups in total. The highest BCUT2D eigenvalue weighted by Crippen LogP contribution is 2.30. The Labute approximate surface area is 149 Å². The van der Waals surface area contributed by atoms with Crippen molar-refractivity contribution in [1.82, 2.24) is 9.88 Å². The van der Waals surface area contributed by atoms with Gasteiger partial charge >= 0.3 is 6.09 Å². The van der Waals surface area contributed by atoms with Gasteiger partial charge in [-0.1, -0.05) is 29.8 Å². The normalized spacial score (nSPS) is 13.5. The predicted molar refractivity (Wildman–Crippen MR) is 95.0 cm³/mol. The van der Waals surface area contributed by atoms with E-state index < -0.39 is 6.09 Å². The zero-order valence-electron chi connectivity index (χ0n) is 13.5. The standard InChI is InChI=1S/C19H15ClN2O3/c1-24-15-7-6-12-8-14-11-22(10-13-4-2-3-5-16(13)20)19(23)25-18(14)21-17(12)9-15/h2-9H,10-11H2,1H3. The van der Waals surface area contributed by atoms with Crippen molar-refractivity contribution in [2.45, 2.75) is 13.1 Å². The smallest absolute Gasteiger partial charge is 0.417 e. The molecule has 1 aliphatic rings. The predicted octanol–water partition coefficient (Wildman–Crippen LogP) is 4.41. The van der Waals surface area contributed by atoms with Gasteiger partial charge in [0.15, 0.2) is 0 Å². The lowest BCUT2D eigenvalue weighted by Crippen LogP contribution is -2.36. The minimum absolute atomic E-state index is 0.348. The Hall–Kier alpha value is -2.79. The molecule has 1 aromatic heterocycles. The summed E-state index contributed by atoms with van der Waals surface area (Å²) in [5.41, 5.74) is 2.47. The van der Waals surface area contributed by atoms with E-state index in [0.717, 1.165) is 22.0 Å². The fourth-order valence-electron chi connectivity index (χ4n) is 2.87. The first-order valence-electron chi connectivity index (χ1n) is 7.82. The molecule has 1 amide bonds. The quantitative estimate of drug-likeness (QED) is 0.699. The van der Waals surface area contributed by atoms with Crippen LogP contribution in [0.4, 0.5) is 4.79 Å². The summed E-state index contributed by atoms with van der Waals surface area (Å²) in [7, 11) is 1.60. The van der Waals surface area contributed by atoms with Crippen LogP contribution in [0.3, 0.4) is 0 Å². The fourth-order valence-corrected chi connectivity index (χ4v) is 3.07. The van der Waals surface area contributed by atoms with Gasteiger partial charge in [-0.05, 0) is 29.8 Å². The lowest BCUT2D eigenvalue weighted by Gasteiger charge is -2.27. The Morgan fingerprint density at radius 2 is 2.08 bits per heavy atom. The Kier molecular flexibility index (Phi) is 3.93. The maximum Gasteiger partial charge on any atom is 0.417 e. The zero-order valence-corrected chi connectivity index (χ0v) is 14.3. The van der Waals surface area contributed by atoms with Crippen molar-refractivity contribution in [3.8, 4) is 11.6 Å². The van der Waals surface area contributed by atoms with Crippen LogP contribution >= 0.6 is 11.6 Å². The topological polar surface area (TPSA) is 51.7 Å². The summed E-state index contributed by atoms with van der Waals surface area (Å²) in [5.74, 6) is 1.06. The Balaban J connectivity index is 1.66. The fraction of sp³-hybridized carbons (Fsp3) is 0.158. The molecule has 6 heteroatoms. The number of nitrogens with zero attached hydrogens (tertiary/aromatic N) is 2. The lowest BCUT2D eigenvalue weighted by molar-refractivity contribution is 0.133. The molecule has 2 aromatic carbocycles. The molecular formula is C19H15ClN2O3. The number of hydrogen-bond acceptors (Lipinski definition) is 4. The van der Waals surface area contributed by atoms with Crippen molar-refractivity contribution in [3.63, 3.8) is 0 Å². The van der Waals surface area contributed by atoms with Gasteiger partial charge in [-0.2, -0.15) is 0 Å². The van der Waals surface area contributed by atoms with Gasteiger partial charge < -0.3 is 9.47 Å². The maximum absolute atomic E-state index is 12.3. The average molecular weight is 355 g/mol. The first-order valence-corrected chi connectivity index (χ1v) is 8.19. The van der Waals surface area contributed by atoms with Crippen LogP contribution in [0.25, 0.3) is 10.9 Å². The molecule has 0 atom stereocenters. The SMILES string of the molecule is COc1ccc2cc3c(nc2c1)OC(=O)N(Cc1ccccc1Cl)C3. The molecule has 5 nitrogen and oxygen atoms in total. The van der Waals surface area contributed by atoms with Crippen molar-refractivity contribution in [1.29, 1.82) is 0 Å². The molecule has 0 unspecified atom stereocenters. The number of benzene rings is 2. The van der Waals surface area contributed by atoms with E-state index in [-0.39, 0.29) is 0 Å². The van der Waals surface area contributed by atoms with Crippen LogP contribution in [0.5, 0.6) is 11.6 Å². The maximum atomic E-state index is 12.3. The third-order valence-corrected chi connectivity index (χ3v) is 4.56. The van der Waals surface area contributed by atoms with E-state index >= 15 is 0 Å². The second-order valence-corrected chi connectivity index (χ2v) is 6.23. The van der Waals surface area contributed by atoms with Crippen molar-refractivity contribution >= 4 is 28.6 Å². The molecule has 4 rings (SSSR count). The minimum atomic E-state index is -0.429. The van der Waals surface area contributed by atoms with E-state index in [9.17, 15) is 4.79 Å². The summed E-state index contributed by atoms with van der Waals surface area (Å²) in [4.78, 5) is 18.4. The molecule has 0 spiro atoms. The van der Waals surface area contributed by atoms with Gasteiger partial charge in [-0.25, -0.2) is 9.78 Å². The number of pyridine rings is 1. The molecule has 0 aliphatic carbocycles. The molecule has 3 aromatic rings. The molecule has 1 aliphatic heterocycles. The number of carbonyl (C=O) groups excluding carboxylic acids is 1. The van der Waals surface area contributed by atoms with Crippen LogP contribution in [0.2, 0.25) is 5.02 Å². The molecule has 2 heterocycles. The molecule has 0 bridgehead atoms. The number of aromatic nitrogens is 1. The van der Waals surface area contributed by atoms with E-state index in [1.165, 1.54) is 0 Å². The lowest BCUT2D eigenvalue weighted by atomic mass is 10.1. The molecule has 0 fully saturated rings. The van der Waals surface area contributed by atoms with E-state index in [1.54, 1.807) is 12.0 Å². The van der Waals surface area contributed by atoms with Gasteiger partial charge in [0.25, 0.3) is 0 Å². The number of methoxy groups -OCH3 is 1. The van der Waals surface area contributed by atoms with Gasteiger partial charge in [-0.15, -0.1) is 0 Å². The van der Waals surface area contributed by atoms with Crippen LogP contribution < -0.4 is 9.47 Å². The van der Waals surface area contributed by atoms with Crippen molar-refractivity contribution in [2.75, 3.05) is 7.11 Å². The first kappa shape index (κ1) is 15.7. The molecular weight excluding hydrogens is 340 g/mol. The van der Waals surface area contributed by atoms with Gasteiger partial charge in [0.05, 0.1) is 25.7 Å². The number of fused-ring (bicyclic) bond motifs is 2. The second kappa shape index (κ2) is 6.26. The highest BCUT2D eigenvalue weighted by atomic mass is 35.5. The Morgan fingerprint density at radius 1 is 1.24 bits per heavy atom. The summed E-state index contributed by atoms with van der Waals surface area (Å²) in [6, 6.07) is 15.1. The Morgan fingerprint density at radius 3 is 2.88 bits per heavy atom. The number of ether oxygens (including phenoxy) is 2. The van der Waals surface area contributed by atoms with E-state index in [2.05, 4.69) is 4.98 Å². The molecule has 0 saturated heterocycles. The van der Waals surface area contributed by atoms with Gasteiger partial charge in [-0.3, -0.25) is 4.90 Å². The third kappa shape index (κ3) is 2.98. The monoisotopic (exact) mass is 354 g/mol. The number of amides is 1. The van der Waals surface area contributed by atoms with Crippen molar-refractivity contribution < 1.29 is 14.3 Å². The average Bonchev–Trinajstić information content (AvgIpc) is 2.62. The second-order valence-electron chi connectivity index (χ2n) is 5.83. The zero-order chi connectivity index (χ0) is 17.4. The molecule has 0 saturated carbocycles. The highest BCUT2D eigenvalue weighted by Gasteiger charge is 2.27. The number of rotatable bonds is 3. The summed E-state index contributed by atoms with van der Waals surface area (Å²) in [5, 5.41) is 1.60. The molecule has 0 radical (unpaired) electrons. The molecule has 25 heavy (non-hydrogen) atoms. The number of halogens is 1. The minimum Gasteiger partial charge on any atom is -0.497 e. The van der Waals surface area contributed by atoms with Crippen LogP contribution in [0, 0.1) is 0 Å². The largest absolute Gasteiger partial charge is 0.497 e. The van der Waals surface area contributed by atoms with Crippen LogP contribution in [0.1, 0.15) is 11.1 Å². The first-order chi connectivity index (χ1) is 12.1. The van der Waals surface area contributed by atoms with E-state index in [4.69, 9.17) is 21.1 Å². The summed E-state index contributed by atoms with van der Waals surface area (Å²) in [6.45, 7) is 0.812. The van der Waals surface area contributed by atoms with Crippen LogP contribution in [-0.2, 0) is 13.1 Å². The van der Waals surface area contributed by atoms with Crippen molar-refractivity contribution in [2.24, 2.45) is 0 Å². The third-order valence-electron chi connectivity index (χ3n) is 4.19. The highest BCUT2D eigenvalue weighted by molar-refractivity contribution is 6.31. The van der Waals surface area contributed by atoms with Crippen LogP contribution in [-0.4, -0.2) is 23.1 Å². The van der Waals surface area contributed by atoms with Gasteiger partial charge in [0, 0.05) is 22.0 Å². The summed E-state index contributed by atoms with van der Waals surface area (Å²) < 4.78 is 10.6. The summed E-state index contributed by atoms with van der Waals surface area (Å²) in [6.07, 6.45) is -0.429. The number of hydrogen-bond donors (Lipinski definition) is 0. The van der Waals surface area contributed by atoms with Crippen LogP contribution in [0.15, 0.2) is 48.5 Å². The Bertz CT molecular complexity index is 974. The van der Waals surface area contributed by atoms with Gasteiger partial charge in [0.1, 0.15) is 5.75 Å². The molecule has 126 valence electrons. The van der Waals surface area contributed by atoms with Gasteiger partial charge in [0.2, 0.25) is 5.88 Å². The summed E-state index contributed by atoms with van der Waals surface area (Å²) >= 11 is 6.20. The number of carbonyl (C=O) groups is 1. The van der Waals surface area contributed by atoms with Crippen molar-refractivity contribution in [3.05, 3.63) is 64.7 Å².